The van der Waals surface area contributed by atoms with Gasteiger partial charge >= 0.3 is 0 Å². The summed E-state index contributed by atoms with van der Waals surface area (Å²) in [4.78, 5) is 26.8. The third-order valence-electron chi connectivity index (χ3n) is 9.24. The molecule has 4 aliphatic carbocycles. The monoisotopic (exact) mass is 368 g/mol. The van der Waals surface area contributed by atoms with Crippen molar-refractivity contribution in [2.45, 2.75) is 94.7 Å². The SMILES string of the molecule is [NH-][N+]1=C2CCCC23CCC1CC3C12N=NC1CCCC21C(=O)CCCC1=O. The number of rotatable bonds is 1. The molecular formula is C21H28N4O2. The number of nitrogens with zero attached hydrogens (tertiary/aromatic N) is 3. The number of ketones is 2. The average Bonchev–Trinajstić information content (AvgIpc) is 3.08. The highest BCUT2D eigenvalue weighted by Crippen LogP contribution is 2.68. The zero-order chi connectivity index (χ0) is 18.4. The second kappa shape index (κ2) is 5.06. The normalized spacial score (nSPS) is 47.2. The number of nitrogens with one attached hydrogen (secondary N) is 1. The summed E-state index contributed by atoms with van der Waals surface area (Å²) >= 11 is 0. The van der Waals surface area contributed by atoms with Gasteiger partial charge in [0.05, 0.1) is 11.5 Å². The maximum atomic E-state index is 13.4. The van der Waals surface area contributed by atoms with E-state index in [1.165, 1.54) is 5.71 Å². The van der Waals surface area contributed by atoms with Gasteiger partial charge in [0.15, 0.2) is 5.71 Å². The molecule has 7 rings (SSSR count). The molecule has 5 unspecified atom stereocenters. The van der Waals surface area contributed by atoms with Gasteiger partial charge < -0.3 is 5.84 Å². The van der Waals surface area contributed by atoms with Crippen LogP contribution in [0.3, 0.4) is 0 Å². The fraction of sp³-hybridized carbons (Fsp3) is 0.857. The van der Waals surface area contributed by atoms with Gasteiger partial charge in [0.25, 0.3) is 0 Å². The average molecular weight is 368 g/mol. The first-order valence-corrected chi connectivity index (χ1v) is 10.9. The van der Waals surface area contributed by atoms with Crippen molar-refractivity contribution < 1.29 is 14.3 Å². The fourth-order valence-corrected chi connectivity index (χ4v) is 8.23. The Morgan fingerprint density at radius 2 is 1.78 bits per heavy atom. The number of azo groups is 1. The molecule has 3 heterocycles. The van der Waals surface area contributed by atoms with Gasteiger partial charge in [-0.1, -0.05) is 0 Å². The van der Waals surface area contributed by atoms with Crippen LogP contribution in [-0.2, 0) is 9.59 Å². The molecule has 144 valence electrons. The number of Topliss-reactive ketones (excluding diaryl/α,β-unsaturated/α-hetero) is 2. The van der Waals surface area contributed by atoms with E-state index in [4.69, 9.17) is 11.0 Å². The highest BCUT2D eigenvalue weighted by Gasteiger charge is 2.77. The lowest BCUT2D eigenvalue weighted by molar-refractivity contribution is -0.529. The van der Waals surface area contributed by atoms with Crippen molar-refractivity contribution in [2.75, 3.05) is 0 Å². The third-order valence-corrected chi connectivity index (χ3v) is 9.24. The zero-order valence-corrected chi connectivity index (χ0v) is 15.9. The van der Waals surface area contributed by atoms with Crippen molar-refractivity contribution in [2.24, 2.45) is 27.0 Å². The summed E-state index contributed by atoms with van der Waals surface area (Å²) in [7, 11) is 0. The molecule has 4 saturated carbocycles. The second-order valence-electron chi connectivity index (χ2n) is 9.86. The molecule has 0 radical (unpaired) electrons. The molecule has 0 aromatic heterocycles. The number of carbonyl (C=O) groups is 2. The summed E-state index contributed by atoms with van der Waals surface area (Å²) in [5.74, 6) is 9.17. The summed E-state index contributed by atoms with van der Waals surface area (Å²) in [5, 5.41) is 9.33. The van der Waals surface area contributed by atoms with E-state index in [2.05, 4.69) is 5.11 Å². The van der Waals surface area contributed by atoms with Gasteiger partial charge in [0.2, 0.25) is 0 Å². The van der Waals surface area contributed by atoms with Crippen LogP contribution in [0.5, 0.6) is 0 Å². The molecule has 2 spiro atoms. The minimum absolute atomic E-state index is 0.0173. The Labute approximate surface area is 159 Å². The molecule has 1 N–H and O–H groups in total. The van der Waals surface area contributed by atoms with Crippen LogP contribution < -0.4 is 0 Å². The highest BCUT2D eigenvalue weighted by molar-refractivity contribution is 6.11. The summed E-state index contributed by atoms with van der Waals surface area (Å²) in [6.45, 7) is 0. The van der Waals surface area contributed by atoms with Crippen molar-refractivity contribution in [3.05, 3.63) is 5.84 Å². The summed E-state index contributed by atoms with van der Waals surface area (Å²) < 4.78 is 1.81. The molecule has 2 bridgehead atoms. The lowest BCUT2D eigenvalue weighted by Gasteiger charge is -2.64. The van der Waals surface area contributed by atoms with E-state index in [-0.39, 0.29) is 35.0 Å². The van der Waals surface area contributed by atoms with Crippen LogP contribution in [0.25, 0.3) is 5.84 Å². The van der Waals surface area contributed by atoms with Gasteiger partial charge in [-0.2, -0.15) is 10.2 Å². The van der Waals surface area contributed by atoms with Crippen molar-refractivity contribution in [3.63, 3.8) is 0 Å². The maximum Gasteiger partial charge on any atom is 0.154 e. The van der Waals surface area contributed by atoms with E-state index in [1.807, 2.05) is 4.68 Å². The van der Waals surface area contributed by atoms with Crippen LogP contribution in [0.15, 0.2) is 10.2 Å². The first-order valence-electron chi connectivity index (χ1n) is 10.9. The summed E-state index contributed by atoms with van der Waals surface area (Å²) in [5.41, 5.74) is -0.249. The Morgan fingerprint density at radius 1 is 0.963 bits per heavy atom. The molecule has 5 atom stereocenters. The van der Waals surface area contributed by atoms with Gasteiger partial charge in [0.1, 0.15) is 28.6 Å². The van der Waals surface area contributed by atoms with Crippen molar-refractivity contribution in [3.8, 4) is 0 Å². The standard InChI is InChI=1S/C21H28N4O2/c22-25-13-8-11-19(9-3-5-16(19)25)14(12-13)21-15(23-24-21)4-2-10-20(21)17(26)6-1-7-18(20)27/h13-15,22H,1-12H2. The Morgan fingerprint density at radius 3 is 2.52 bits per heavy atom. The third kappa shape index (κ3) is 1.60. The van der Waals surface area contributed by atoms with Crippen molar-refractivity contribution in [1.29, 1.82) is 0 Å². The summed E-state index contributed by atoms with van der Waals surface area (Å²) in [6.07, 6.45) is 10.6. The molecule has 6 nitrogen and oxygen atoms in total. The van der Waals surface area contributed by atoms with E-state index in [0.717, 1.165) is 51.4 Å². The molecule has 0 saturated heterocycles. The number of hydrogen-bond donors (Lipinski definition) is 0. The molecule has 27 heavy (non-hydrogen) atoms. The van der Waals surface area contributed by atoms with E-state index < -0.39 is 11.0 Å². The van der Waals surface area contributed by atoms with E-state index in [1.54, 1.807) is 0 Å². The van der Waals surface area contributed by atoms with Gasteiger partial charge in [-0.05, 0) is 44.9 Å². The molecule has 7 aliphatic rings. The van der Waals surface area contributed by atoms with Crippen LogP contribution in [0.4, 0.5) is 0 Å². The molecule has 6 heteroatoms. The molecule has 0 aromatic carbocycles. The molecule has 0 amide bonds. The predicted octanol–water partition coefficient (Wildman–Crippen LogP) is 3.83. The lowest BCUT2D eigenvalue weighted by atomic mass is 9.41. The van der Waals surface area contributed by atoms with Gasteiger partial charge in [-0.25, -0.2) is 0 Å². The molecule has 3 aliphatic heterocycles. The quantitative estimate of drug-likeness (QED) is 0.520. The molecule has 4 fully saturated rings. The van der Waals surface area contributed by atoms with Crippen LogP contribution >= 0.6 is 0 Å². The number of carbonyl (C=O) groups excluding carboxylic acids is 2. The Bertz CT molecular complexity index is 801. The topological polar surface area (TPSA) is 85.7 Å². The number of hydrogen-bond acceptors (Lipinski definition) is 4. The van der Waals surface area contributed by atoms with Crippen molar-refractivity contribution in [1.82, 2.24) is 0 Å². The fourth-order valence-electron chi connectivity index (χ4n) is 8.23. The lowest BCUT2D eigenvalue weighted by Crippen LogP contribution is -2.75. The Kier molecular flexibility index (Phi) is 3.07. The number of fused-ring (bicyclic) bond motifs is 5. The Balaban J connectivity index is 1.56. The van der Waals surface area contributed by atoms with Crippen LogP contribution in [-0.4, -0.2) is 39.6 Å². The van der Waals surface area contributed by atoms with Gasteiger partial charge in [-0.3, -0.25) is 14.3 Å². The summed E-state index contributed by atoms with van der Waals surface area (Å²) in [6, 6.07) is 0.264. The second-order valence-corrected chi connectivity index (χ2v) is 9.86. The largest absolute Gasteiger partial charge is 0.454 e. The Hall–Kier alpha value is -1.59. The smallest absolute Gasteiger partial charge is 0.154 e. The zero-order valence-electron chi connectivity index (χ0n) is 15.9. The maximum absolute atomic E-state index is 13.4. The molecular weight excluding hydrogens is 340 g/mol. The van der Waals surface area contributed by atoms with Crippen LogP contribution in [0, 0.1) is 16.7 Å². The highest BCUT2D eigenvalue weighted by atomic mass is 16.2. The minimum Gasteiger partial charge on any atom is -0.454 e. The van der Waals surface area contributed by atoms with Gasteiger partial charge in [0, 0.05) is 38.0 Å². The van der Waals surface area contributed by atoms with Crippen LogP contribution in [0.2, 0.25) is 0 Å². The first-order chi connectivity index (χ1) is 13.1. The van der Waals surface area contributed by atoms with E-state index >= 15 is 0 Å². The van der Waals surface area contributed by atoms with Crippen LogP contribution in [0.1, 0.15) is 77.0 Å². The minimum atomic E-state index is -0.909. The first kappa shape index (κ1) is 16.4. The van der Waals surface area contributed by atoms with Gasteiger partial charge in [-0.15, -0.1) is 0 Å². The van der Waals surface area contributed by atoms with E-state index in [0.29, 0.717) is 25.7 Å². The van der Waals surface area contributed by atoms with Crippen molar-refractivity contribution >= 4 is 17.3 Å². The van der Waals surface area contributed by atoms with E-state index in [9.17, 15) is 9.59 Å². The predicted molar refractivity (Wildman–Crippen MR) is 98.5 cm³/mol. The molecule has 0 aromatic rings.